The molecule has 0 saturated heterocycles. The fourth-order valence-electron chi connectivity index (χ4n) is 2.00. The SMILES string of the molecule is N#Cc1cccnc1NCc1cnn(-c2ccccc2)c1. The number of pyridine rings is 1. The van der Waals surface area contributed by atoms with Gasteiger partial charge in [-0.3, -0.25) is 0 Å². The molecule has 102 valence electrons. The Morgan fingerprint density at radius 3 is 2.81 bits per heavy atom. The molecule has 2 aromatic heterocycles. The highest BCUT2D eigenvalue weighted by Crippen LogP contribution is 2.12. The van der Waals surface area contributed by atoms with Crippen LogP contribution < -0.4 is 5.32 Å². The topological polar surface area (TPSA) is 66.5 Å². The molecular formula is C16H13N5. The number of rotatable bonds is 4. The number of nitriles is 1. The number of nitrogens with one attached hydrogen (secondary N) is 1. The van der Waals surface area contributed by atoms with Crippen molar-refractivity contribution in [2.45, 2.75) is 6.54 Å². The lowest BCUT2D eigenvalue weighted by Gasteiger charge is -2.04. The Balaban J connectivity index is 1.72. The number of hydrogen-bond acceptors (Lipinski definition) is 4. The normalized spacial score (nSPS) is 10.0. The first-order chi connectivity index (χ1) is 10.4. The number of para-hydroxylation sites is 1. The third-order valence-corrected chi connectivity index (χ3v) is 3.04. The smallest absolute Gasteiger partial charge is 0.144 e. The van der Waals surface area contributed by atoms with Crippen molar-refractivity contribution >= 4 is 5.82 Å². The summed E-state index contributed by atoms with van der Waals surface area (Å²) in [6.07, 6.45) is 5.42. The van der Waals surface area contributed by atoms with E-state index in [1.165, 1.54) is 0 Å². The van der Waals surface area contributed by atoms with Crippen molar-refractivity contribution in [2.75, 3.05) is 5.32 Å². The summed E-state index contributed by atoms with van der Waals surface area (Å²) in [7, 11) is 0. The van der Waals surface area contributed by atoms with Gasteiger partial charge in [0, 0.05) is 24.5 Å². The van der Waals surface area contributed by atoms with Gasteiger partial charge < -0.3 is 5.32 Å². The van der Waals surface area contributed by atoms with Crippen LogP contribution in [0.3, 0.4) is 0 Å². The molecule has 1 N–H and O–H groups in total. The van der Waals surface area contributed by atoms with E-state index in [0.29, 0.717) is 17.9 Å². The van der Waals surface area contributed by atoms with E-state index in [0.717, 1.165) is 11.3 Å². The summed E-state index contributed by atoms with van der Waals surface area (Å²) < 4.78 is 1.82. The maximum atomic E-state index is 9.02. The van der Waals surface area contributed by atoms with Crippen LogP contribution in [0.4, 0.5) is 5.82 Å². The molecular weight excluding hydrogens is 262 g/mol. The molecule has 0 bridgehead atoms. The van der Waals surface area contributed by atoms with Gasteiger partial charge in [0.25, 0.3) is 0 Å². The summed E-state index contributed by atoms with van der Waals surface area (Å²) in [5.74, 6) is 0.590. The first kappa shape index (κ1) is 12.9. The zero-order valence-corrected chi connectivity index (χ0v) is 11.3. The summed E-state index contributed by atoms with van der Waals surface area (Å²) >= 11 is 0. The van der Waals surface area contributed by atoms with E-state index in [-0.39, 0.29) is 0 Å². The molecule has 1 aromatic carbocycles. The second-order valence-electron chi connectivity index (χ2n) is 4.49. The van der Waals surface area contributed by atoms with Crippen molar-refractivity contribution in [1.29, 1.82) is 5.26 Å². The van der Waals surface area contributed by atoms with E-state index < -0.39 is 0 Å². The largest absolute Gasteiger partial charge is 0.365 e. The molecule has 0 unspecified atom stereocenters. The zero-order valence-electron chi connectivity index (χ0n) is 11.3. The summed E-state index contributed by atoms with van der Waals surface area (Å²) in [5, 5.41) is 16.5. The Kier molecular flexibility index (Phi) is 3.61. The van der Waals surface area contributed by atoms with Gasteiger partial charge in [0.05, 0.1) is 17.4 Å². The van der Waals surface area contributed by atoms with Gasteiger partial charge in [0.1, 0.15) is 11.9 Å². The van der Waals surface area contributed by atoms with E-state index >= 15 is 0 Å². The van der Waals surface area contributed by atoms with Gasteiger partial charge in [-0.25, -0.2) is 9.67 Å². The van der Waals surface area contributed by atoms with E-state index in [1.807, 2.05) is 41.2 Å². The minimum absolute atomic E-state index is 0.535. The van der Waals surface area contributed by atoms with Crippen LogP contribution in [-0.4, -0.2) is 14.8 Å². The van der Waals surface area contributed by atoms with E-state index in [1.54, 1.807) is 24.5 Å². The molecule has 0 atom stereocenters. The predicted octanol–water partition coefficient (Wildman–Crippen LogP) is 2.75. The van der Waals surface area contributed by atoms with Gasteiger partial charge in [-0.1, -0.05) is 18.2 Å². The van der Waals surface area contributed by atoms with Crippen LogP contribution in [0, 0.1) is 11.3 Å². The Bertz CT molecular complexity index is 771. The van der Waals surface area contributed by atoms with Crippen molar-refractivity contribution < 1.29 is 0 Å². The van der Waals surface area contributed by atoms with E-state index in [2.05, 4.69) is 21.5 Å². The molecule has 2 heterocycles. The minimum atomic E-state index is 0.535. The lowest BCUT2D eigenvalue weighted by molar-refractivity contribution is 0.880. The number of hydrogen-bond donors (Lipinski definition) is 1. The molecule has 0 saturated carbocycles. The highest BCUT2D eigenvalue weighted by Gasteiger charge is 2.04. The average Bonchev–Trinajstić information content (AvgIpc) is 3.03. The van der Waals surface area contributed by atoms with Crippen molar-refractivity contribution in [3.63, 3.8) is 0 Å². The Morgan fingerprint density at radius 2 is 2.00 bits per heavy atom. The third-order valence-electron chi connectivity index (χ3n) is 3.04. The van der Waals surface area contributed by atoms with Crippen LogP contribution in [0.2, 0.25) is 0 Å². The van der Waals surface area contributed by atoms with Gasteiger partial charge in [-0.15, -0.1) is 0 Å². The van der Waals surface area contributed by atoms with Gasteiger partial charge >= 0.3 is 0 Å². The molecule has 0 spiro atoms. The Morgan fingerprint density at radius 1 is 1.14 bits per heavy atom. The van der Waals surface area contributed by atoms with Gasteiger partial charge in [-0.2, -0.15) is 10.4 Å². The van der Waals surface area contributed by atoms with Gasteiger partial charge in [0.15, 0.2) is 0 Å². The van der Waals surface area contributed by atoms with E-state index in [4.69, 9.17) is 5.26 Å². The quantitative estimate of drug-likeness (QED) is 0.795. The fraction of sp³-hybridized carbons (Fsp3) is 0.0625. The average molecular weight is 275 g/mol. The van der Waals surface area contributed by atoms with Crippen molar-refractivity contribution in [3.8, 4) is 11.8 Å². The number of aromatic nitrogens is 3. The standard InChI is InChI=1S/C16H13N5/c17-9-14-5-4-8-18-16(14)19-10-13-11-20-21(12-13)15-6-2-1-3-7-15/h1-8,11-12H,10H2,(H,18,19). The van der Waals surface area contributed by atoms with Crippen LogP contribution in [0.5, 0.6) is 0 Å². The number of nitrogens with zero attached hydrogens (tertiary/aromatic N) is 4. The van der Waals surface area contributed by atoms with E-state index in [9.17, 15) is 0 Å². The number of benzene rings is 1. The number of anilines is 1. The molecule has 3 rings (SSSR count). The molecule has 0 amide bonds. The molecule has 0 radical (unpaired) electrons. The molecule has 0 fully saturated rings. The van der Waals surface area contributed by atoms with Crippen LogP contribution in [0.15, 0.2) is 61.1 Å². The second kappa shape index (κ2) is 5.88. The van der Waals surface area contributed by atoms with Crippen LogP contribution in [0.1, 0.15) is 11.1 Å². The van der Waals surface area contributed by atoms with Crippen LogP contribution in [-0.2, 0) is 6.54 Å². The third kappa shape index (κ3) is 2.90. The summed E-state index contributed by atoms with van der Waals surface area (Å²) in [6, 6.07) is 15.5. The molecule has 3 aromatic rings. The fourth-order valence-corrected chi connectivity index (χ4v) is 2.00. The summed E-state index contributed by atoms with van der Waals surface area (Å²) in [4.78, 5) is 4.17. The van der Waals surface area contributed by atoms with Crippen molar-refractivity contribution in [1.82, 2.24) is 14.8 Å². The van der Waals surface area contributed by atoms with Gasteiger partial charge in [-0.05, 0) is 24.3 Å². The molecule has 21 heavy (non-hydrogen) atoms. The van der Waals surface area contributed by atoms with Crippen molar-refractivity contribution in [3.05, 3.63) is 72.2 Å². The minimum Gasteiger partial charge on any atom is -0.365 e. The molecule has 5 nitrogen and oxygen atoms in total. The molecule has 0 aliphatic rings. The monoisotopic (exact) mass is 275 g/mol. The highest BCUT2D eigenvalue weighted by molar-refractivity contribution is 5.51. The maximum absolute atomic E-state index is 9.02. The van der Waals surface area contributed by atoms with Gasteiger partial charge in [0.2, 0.25) is 0 Å². The van der Waals surface area contributed by atoms with Crippen LogP contribution in [0.25, 0.3) is 5.69 Å². The highest BCUT2D eigenvalue weighted by atomic mass is 15.3. The predicted molar refractivity (Wildman–Crippen MR) is 79.8 cm³/mol. The second-order valence-corrected chi connectivity index (χ2v) is 4.49. The lowest BCUT2D eigenvalue weighted by atomic mass is 10.2. The Hall–Kier alpha value is -3.13. The first-order valence-electron chi connectivity index (χ1n) is 6.55. The first-order valence-corrected chi connectivity index (χ1v) is 6.55. The Labute approximate surface area is 122 Å². The molecule has 5 heteroatoms. The lowest BCUT2D eigenvalue weighted by Crippen LogP contribution is -2.02. The molecule has 0 aliphatic carbocycles. The van der Waals surface area contributed by atoms with Crippen molar-refractivity contribution in [2.24, 2.45) is 0 Å². The maximum Gasteiger partial charge on any atom is 0.144 e. The zero-order chi connectivity index (χ0) is 14.5. The summed E-state index contributed by atoms with van der Waals surface area (Å²) in [6.45, 7) is 0.568. The van der Waals surface area contributed by atoms with Crippen LogP contribution >= 0.6 is 0 Å². The summed E-state index contributed by atoms with van der Waals surface area (Å²) in [5.41, 5.74) is 2.57. The molecule has 0 aliphatic heterocycles.